The molecule has 0 radical (unpaired) electrons. The number of hydrogen-bond acceptors (Lipinski definition) is 4. The lowest BCUT2D eigenvalue weighted by Crippen LogP contribution is -2.50. The van der Waals surface area contributed by atoms with Crippen LogP contribution < -0.4 is 5.11 Å². The third-order valence-corrected chi connectivity index (χ3v) is 3.16. The first kappa shape index (κ1) is 13.7. The second kappa shape index (κ2) is 5.34. The average molecular weight is 250 g/mol. The normalized spacial score (nSPS) is 28.8. The van der Waals surface area contributed by atoms with E-state index in [-0.39, 0.29) is 19.0 Å². The maximum absolute atomic E-state index is 11.2. The molecular weight excluding hydrogens is 232 g/mol. The molecule has 0 aliphatic carbocycles. The summed E-state index contributed by atoms with van der Waals surface area (Å²) in [6.07, 6.45) is -0.0218. The fourth-order valence-electron chi connectivity index (χ4n) is 2.02. The molecule has 4 nitrogen and oxygen atoms in total. The fourth-order valence-corrected chi connectivity index (χ4v) is 2.24. The molecule has 1 rings (SSSR count). The van der Waals surface area contributed by atoms with Crippen LogP contribution in [0.2, 0.25) is 0 Å². The predicted molar refractivity (Wildman–Crippen MR) is 57.9 cm³/mol. The number of ether oxygens (including phenoxy) is 2. The molecule has 3 atom stereocenters. The van der Waals surface area contributed by atoms with Crippen molar-refractivity contribution >= 4 is 17.6 Å². The van der Waals surface area contributed by atoms with Gasteiger partial charge in [-0.2, -0.15) is 0 Å². The minimum Gasteiger partial charge on any atom is -0.550 e. The van der Waals surface area contributed by atoms with Gasteiger partial charge in [-0.05, 0) is 5.41 Å². The third-order valence-electron chi connectivity index (χ3n) is 2.81. The van der Waals surface area contributed by atoms with Crippen molar-refractivity contribution in [3.8, 4) is 0 Å². The van der Waals surface area contributed by atoms with Crippen molar-refractivity contribution in [1.82, 2.24) is 0 Å². The van der Waals surface area contributed by atoms with E-state index in [1.165, 1.54) is 0 Å². The summed E-state index contributed by atoms with van der Waals surface area (Å²) in [4.78, 5) is 11.2. The Labute approximate surface area is 101 Å². The maximum atomic E-state index is 11.2. The summed E-state index contributed by atoms with van der Waals surface area (Å²) in [6.45, 7) is 5.69. The Kier molecular flexibility index (Phi) is 4.59. The van der Waals surface area contributed by atoms with E-state index in [2.05, 4.69) is 0 Å². The van der Waals surface area contributed by atoms with Gasteiger partial charge in [0.05, 0.1) is 12.2 Å². The number of carbonyl (C=O) groups is 1. The van der Waals surface area contributed by atoms with Crippen LogP contribution in [0, 0.1) is 11.3 Å². The Balaban J connectivity index is 2.75. The van der Waals surface area contributed by atoms with E-state index < -0.39 is 17.3 Å². The molecule has 1 fully saturated rings. The molecular formula is C11H18ClO4-. The zero-order valence-electron chi connectivity index (χ0n) is 9.86. The van der Waals surface area contributed by atoms with E-state index in [1.807, 2.05) is 20.8 Å². The topological polar surface area (TPSA) is 58.6 Å². The number of carbonyl (C=O) groups excluding carboxylic acids is 1. The van der Waals surface area contributed by atoms with Crippen LogP contribution in [0.25, 0.3) is 0 Å². The number of hydrogen-bond donors (Lipinski definition) is 0. The van der Waals surface area contributed by atoms with Gasteiger partial charge in [-0.25, -0.2) is 0 Å². The standard InChI is InChI=1S/C11H19ClO4/c1-11(2,3)9(10(13)14)8-4-7(5-12)15-6-16-8/h7-9H,4-6H2,1-3H3,(H,13,14)/p-1/t7-,8-,9?/m1/s1. The van der Waals surface area contributed by atoms with Crippen LogP contribution in [0.4, 0.5) is 0 Å². The molecule has 1 heterocycles. The molecule has 1 aliphatic heterocycles. The molecule has 0 saturated carbocycles. The molecule has 1 aliphatic rings. The van der Waals surface area contributed by atoms with Gasteiger partial charge in [0.15, 0.2) is 0 Å². The monoisotopic (exact) mass is 249 g/mol. The lowest BCUT2D eigenvalue weighted by Gasteiger charge is -2.41. The molecule has 0 bridgehead atoms. The third kappa shape index (κ3) is 3.34. The molecule has 0 aromatic carbocycles. The van der Waals surface area contributed by atoms with Crippen LogP contribution in [-0.4, -0.2) is 30.9 Å². The molecule has 0 spiro atoms. The van der Waals surface area contributed by atoms with Gasteiger partial charge in [0.25, 0.3) is 0 Å². The van der Waals surface area contributed by atoms with Crippen molar-refractivity contribution in [2.75, 3.05) is 12.7 Å². The van der Waals surface area contributed by atoms with Crippen molar-refractivity contribution in [2.45, 2.75) is 39.4 Å². The van der Waals surface area contributed by atoms with Crippen LogP contribution in [0.15, 0.2) is 0 Å². The van der Waals surface area contributed by atoms with Gasteiger partial charge in [0.2, 0.25) is 0 Å². The van der Waals surface area contributed by atoms with Gasteiger partial charge in [-0.1, -0.05) is 20.8 Å². The SMILES string of the molecule is CC(C)(C)C(C(=O)[O-])[C@H]1C[C@H](CCl)OCO1. The Hall–Kier alpha value is -0.320. The number of rotatable bonds is 3. The van der Waals surface area contributed by atoms with E-state index in [1.54, 1.807) is 0 Å². The van der Waals surface area contributed by atoms with Crippen LogP contribution in [0.3, 0.4) is 0 Å². The number of carboxylic acids is 1. The minimum atomic E-state index is -1.08. The van der Waals surface area contributed by atoms with Gasteiger partial charge < -0.3 is 19.4 Å². The largest absolute Gasteiger partial charge is 0.550 e. The zero-order chi connectivity index (χ0) is 12.3. The number of halogens is 1. The summed E-state index contributed by atoms with van der Waals surface area (Å²) < 4.78 is 10.6. The van der Waals surface area contributed by atoms with Crippen molar-refractivity contribution in [3.05, 3.63) is 0 Å². The van der Waals surface area contributed by atoms with E-state index >= 15 is 0 Å². The smallest absolute Gasteiger partial charge is 0.147 e. The summed E-state index contributed by atoms with van der Waals surface area (Å²) in [5.74, 6) is -1.38. The number of alkyl halides is 1. The molecule has 1 saturated heterocycles. The zero-order valence-corrected chi connectivity index (χ0v) is 10.6. The van der Waals surface area contributed by atoms with Gasteiger partial charge in [-0.15, -0.1) is 11.6 Å². The number of aliphatic carboxylic acids is 1. The second-order valence-electron chi connectivity index (χ2n) is 5.16. The van der Waals surface area contributed by atoms with Gasteiger partial charge in [-0.3, -0.25) is 0 Å². The minimum absolute atomic E-state index is 0.0991. The predicted octanol–water partition coefficient (Wildman–Crippen LogP) is 0.769. The first-order valence-corrected chi connectivity index (χ1v) is 5.89. The lowest BCUT2D eigenvalue weighted by molar-refractivity contribution is -0.322. The molecule has 94 valence electrons. The van der Waals surface area contributed by atoms with Crippen LogP contribution in [0.5, 0.6) is 0 Å². The van der Waals surface area contributed by atoms with Crippen LogP contribution in [0.1, 0.15) is 27.2 Å². The van der Waals surface area contributed by atoms with Gasteiger partial charge in [0, 0.05) is 24.2 Å². The fraction of sp³-hybridized carbons (Fsp3) is 0.909. The van der Waals surface area contributed by atoms with E-state index in [0.29, 0.717) is 12.3 Å². The van der Waals surface area contributed by atoms with Crippen LogP contribution >= 0.6 is 11.6 Å². The number of carboxylic acid groups (broad SMARTS) is 1. The van der Waals surface area contributed by atoms with Crippen molar-refractivity contribution in [2.24, 2.45) is 11.3 Å². The Morgan fingerprint density at radius 3 is 2.56 bits per heavy atom. The Morgan fingerprint density at radius 1 is 1.50 bits per heavy atom. The molecule has 0 N–H and O–H groups in total. The van der Waals surface area contributed by atoms with E-state index in [0.717, 1.165) is 0 Å². The molecule has 5 heteroatoms. The summed E-state index contributed by atoms with van der Waals surface area (Å²) in [5.41, 5.74) is -0.405. The molecule has 16 heavy (non-hydrogen) atoms. The van der Waals surface area contributed by atoms with Crippen molar-refractivity contribution < 1.29 is 19.4 Å². The summed E-state index contributed by atoms with van der Waals surface area (Å²) in [7, 11) is 0. The maximum Gasteiger partial charge on any atom is 0.147 e. The Bertz CT molecular complexity index is 249. The highest BCUT2D eigenvalue weighted by Crippen LogP contribution is 2.33. The first-order chi connectivity index (χ1) is 7.36. The summed E-state index contributed by atoms with van der Waals surface area (Å²) in [6, 6.07) is 0. The summed E-state index contributed by atoms with van der Waals surface area (Å²) >= 11 is 5.70. The highest BCUT2D eigenvalue weighted by Gasteiger charge is 2.37. The van der Waals surface area contributed by atoms with E-state index in [9.17, 15) is 9.90 Å². The van der Waals surface area contributed by atoms with Crippen LogP contribution in [-0.2, 0) is 14.3 Å². The molecule has 0 aromatic rings. The lowest BCUT2D eigenvalue weighted by atomic mass is 9.76. The van der Waals surface area contributed by atoms with E-state index in [4.69, 9.17) is 21.1 Å². The quantitative estimate of drug-likeness (QED) is 0.694. The highest BCUT2D eigenvalue weighted by molar-refractivity contribution is 6.18. The highest BCUT2D eigenvalue weighted by atomic mass is 35.5. The van der Waals surface area contributed by atoms with Crippen molar-refractivity contribution in [1.29, 1.82) is 0 Å². The first-order valence-electron chi connectivity index (χ1n) is 5.36. The second-order valence-corrected chi connectivity index (χ2v) is 5.47. The Morgan fingerprint density at radius 2 is 2.12 bits per heavy atom. The van der Waals surface area contributed by atoms with Gasteiger partial charge >= 0.3 is 0 Å². The molecule has 0 aromatic heterocycles. The van der Waals surface area contributed by atoms with Gasteiger partial charge in [0.1, 0.15) is 6.79 Å². The molecule has 1 unspecified atom stereocenters. The average Bonchev–Trinajstić information content (AvgIpc) is 2.15. The summed E-state index contributed by atoms with van der Waals surface area (Å²) in [5, 5.41) is 11.2. The van der Waals surface area contributed by atoms with Crippen molar-refractivity contribution in [3.63, 3.8) is 0 Å². The molecule has 0 amide bonds.